The van der Waals surface area contributed by atoms with Gasteiger partial charge in [0.1, 0.15) is 23.1 Å². The zero-order valence-corrected chi connectivity index (χ0v) is 15.7. The topological polar surface area (TPSA) is 85.6 Å². The van der Waals surface area contributed by atoms with E-state index in [0.29, 0.717) is 17.0 Å². The normalized spacial score (nSPS) is 10.8. The van der Waals surface area contributed by atoms with Gasteiger partial charge in [0.25, 0.3) is 5.91 Å². The van der Waals surface area contributed by atoms with Crippen molar-refractivity contribution in [1.82, 2.24) is 0 Å². The van der Waals surface area contributed by atoms with Crippen LogP contribution in [-0.2, 0) is 4.79 Å². The fourth-order valence-corrected chi connectivity index (χ4v) is 2.65. The molecule has 2 aromatic carbocycles. The second kappa shape index (κ2) is 9.30. The highest BCUT2D eigenvalue weighted by Gasteiger charge is 2.13. The van der Waals surface area contributed by atoms with Gasteiger partial charge in [0.15, 0.2) is 0 Å². The Balaban J connectivity index is 2.29. The van der Waals surface area contributed by atoms with Crippen molar-refractivity contribution in [1.29, 1.82) is 5.26 Å². The van der Waals surface area contributed by atoms with Gasteiger partial charge in [0.05, 0.1) is 7.11 Å². The van der Waals surface area contributed by atoms with Gasteiger partial charge in [0.2, 0.25) is 0 Å². The molecule has 6 nitrogen and oxygen atoms in total. The molecule has 0 fully saturated rings. The van der Waals surface area contributed by atoms with E-state index < -0.39 is 5.91 Å². The minimum atomic E-state index is -0.530. The number of carbonyl (C=O) groups excluding carboxylic acids is 1. The summed E-state index contributed by atoms with van der Waals surface area (Å²) in [5.74, 6) is 0.157. The molecule has 0 spiro atoms. The fraction of sp³-hybridized carbons (Fsp3) is 0.238. The van der Waals surface area contributed by atoms with Gasteiger partial charge in [-0.3, -0.25) is 4.79 Å². The first kappa shape index (κ1) is 19.9. The molecule has 1 amide bonds. The minimum absolute atomic E-state index is 0.0445. The molecule has 27 heavy (non-hydrogen) atoms. The molecule has 0 unspecified atom stereocenters. The summed E-state index contributed by atoms with van der Waals surface area (Å²) in [5, 5.41) is 21.3. The highest BCUT2D eigenvalue weighted by Crippen LogP contribution is 2.27. The van der Waals surface area contributed by atoms with Crippen molar-refractivity contribution in [2.75, 3.05) is 30.4 Å². The highest BCUT2D eigenvalue weighted by molar-refractivity contribution is 6.09. The van der Waals surface area contributed by atoms with Crippen LogP contribution in [-0.4, -0.2) is 31.2 Å². The molecule has 0 heterocycles. The second-order valence-electron chi connectivity index (χ2n) is 5.77. The van der Waals surface area contributed by atoms with E-state index in [1.807, 2.05) is 24.3 Å². The van der Waals surface area contributed by atoms with Crippen molar-refractivity contribution >= 4 is 23.4 Å². The molecule has 0 aliphatic rings. The maximum Gasteiger partial charge on any atom is 0.266 e. The van der Waals surface area contributed by atoms with Crippen LogP contribution in [0.25, 0.3) is 6.08 Å². The molecule has 6 heteroatoms. The summed E-state index contributed by atoms with van der Waals surface area (Å²) in [7, 11) is 1.56. The van der Waals surface area contributed by atoms with Crippen molar-refractivity contribution in [3.63, 3.8) is 0 Å². The number of anilines is 2. The van der Waals surface area contributed by atoms with Gasteiger partial charge in [-0.1, -0.05) is 0 Å². The predicted molar refractivity (Wildman–Crippen MR) is 107 cm³/mol. The van der Waals surface area contributed by atoms with E-state index in [2.05, 4.69) is 24.1 Å². The Morgan fingerprint density at radius 2 is 1.89 bits per heavy atom. The predicted octanol–water partition coefficient (Wildman–Crippen LogP) is 3.79. The van der Waals surface area contributed by atoms with Gasteiger partial charge in [-0.15, -0.1) is 0 Å². The SMILES string of the molecule is CCN(CC)c1ccc(C=C(C#N)C(=O)Nc2ccc(O)cc2)c(OC)c1. The summed E-state index contributed by atoms with van der Waals surface area (Å²) in [6.07, 6.45) is 1.50. The number of ether oxygens (including phenoxy) is 1. The van der Waals surface area contributed by atoms with Crippen molar-refractivity contribution in [2.45, 2.75) is 13.8 Å². The lowest BCUT2D eigenvalue weighted by molar-refractivity contribution is -0.112. The summed E-state index contributed by atoms with van der Waals surface area (Å²) >= 11 is 0. The maximum absolute atomic E-state index is 12.4. The number of nitrogens with one attached hydrogen (secondary N) is 1. The summed E-state index contributed by atoms with van der Waals surface area (Å²) in [6, 6.07) is 13.6. The van der Waals surface area contributed by atoms with E-state index in [4.69, 9.17) is 4.74 Å². The Hall–Kier alpha value is -3.46. The number of methoxy groups -OCH3 is 1. The number of amides is 1. The van der Waals surface area contributed by atoms with Gasteiger partial charge >= 0.3 is 0 Å². The average Bonchev–Trinajstić information content (AvgIpc) is 2.69. The molecular weight excluding hydrogens is 342 g/mol. The summed E-state index contributed by atoms with van der Waals surface area (Å²) < 4.78 is 5.44. The van der Waals surface area contributed by atoms with E-state index in [-0.39, 0.29) is 11.3 Å². The Morgan fingerprint density at radius 1 is 1.22 bits per heavy atom. The van der Waals surface area contributed by atoms with Gasteiger partial charge < -0.3 is 20.1 Å². The number of nitrogens with zero attached hydrogens (tertiary/aromatic N) is 2. The molecule has 0 bridgehead atoms. The molecule has 0 saturated heterocycles. The third-order valence-electron chi connectivity index (χ3n) is 4.14. The number of phenols is 1. The van der Waals surface area contributed by atoms with Crippen LogP contribution in [0.3, 0.4) is 0 Å². The minimum Gasteiger partial charge on any atom is -0.508 e. The highest BCUT2D eigenvalue weighted by atomic mass is 16.5. The lowest BCUT2D eigenvalue weighted by atomic mass is 10.1. The number of hydrogen-bond acceptors (Lipinski definition) is 5. The Kier molecular flexibility index (Phi) is 6.84. The largest absolute Gasteiger partial charge is 0.508 e. The zero-order chi connectivity index (χ0) is 19.8. The van der Waals surface area contributed by atoms with Crippen LogP contribution in [0.2, 0.25) is 0 Å². The van der Waals surface area contributed by atoms with Crippen LogP contribution in [0.1, 0.15) is 19.4 Å². The Labute approximate surface area is 159 Å². The van der Waals surface area contributed by atoms with Gasteiger partial charge in [0, 0.05) is 36.1 Å². The molecule has 0 atom stereocenters. The number of phenolic OH excluding ortho intramolecular Hbond substituents is 1. The first-order valence-electron chi connectivity index (χ1n) is 8.67. The monoisotopic (exact) mass is 365 g/mol. The number of hydrogen-bond donors (Lipinski definition) is 2. The quantitative estimate of drug-likeness (QED) is 0.443. The Bertz CT molecular complexity index is 863. The molecule has 0 saturated carbocycles. The molecule has 2 N–H and O–H groups in total. The van der Waals surface area contributed by atoms with E-state index in [0.717, 1.165) is 18.8 Å². The fourth-order valence-electron chi connectivity index (χ4n) is 2.65. The number of rotatable bonds is 7. The Morgan fingerprint density at radius 3 is 2.44 bits per heavy atom. The maximum atomic E-state index is 12.4. The molecule has 0 aliphatic carbocycles. The summed E-state index contributed by atoms with van der Waals surface area (Å²) in [6.45, 7) is 5.89. The van der Waals surface area contributed by atoms with E-state index >= 15 is 0 Å². The standard InChI is InChI=1S/C21H23N3O3/c1-4-24(5-2)18-9-6-15(20(13-18)27-3)12-16(14-22)21(26)23-17-7-10-19(25)11-8-17/h6-13,25H,4-5H2,1-3H3,(H,23,26). The van der Waals surface area contributed by atoms with Crippen LogP contribution >= 0.6 is 0 Å². The van der Waals surface area contributed by atoms with Crippen molar-refractivity contribution in [2.24, 2.45) is 0 Å². The number of nitriles is 1. The molecule has 0 aliphatic heterocycles. The van der Waals surface area contributed by atoms with Crippen LogP contribution in [0.4, 0.5) is 11.4 Å². The molecule has 0 radical (unpaired) electrons. The number of carbonyl (C=O) groups is 1. The van der Waals surface area contributed by atoms with Crippen LogP contribution in [0.5, 0.6) is 11.5 Å². The summed E-state index contributed by atoms with van der Waals surface area (Å²) in [4.78, 5) is 14.6. The molecule has 2 rings (SSSR count). The first-order chi connectivity index (χ1) is 13.0. The van der Waals surface area contributed by atoms with Crippen LogP contribution < -0.4 is 15.0 Å². The van der Waals surface area contributed by atoms with E-state index in [9.17, 15) is 15.2 Å². The van der Waals surface area contributed by atoms with Gasteiger partial charge in [-0.2, -0.15) is 5.26 Å². The van der Waals surface area contributed by atoms with E-state index in [1.165, 1.54) is 18.2 Å². The molecule has 0 aromatic heterocycles. The third-order valence-corrected chi connectivity index (χ3v) is 4.14. The molecule has 140 valence electrons. The number of benzene rings is 2. The summed E-state index contributed by atoms with van der Waals surface area (Å²) in [5.41, 5.74) is 2.10. The van der Waals surface area contributed by atoms with Gasteiger partial charge in [-0.05, 0) is 56.3 Å². The van der Waals surface area contributed by atoms with Crippen molar-refractivity contribution in [3.05, 3.63) is 53.6 Å². The van der Waals surface area contributed by atoms with E-state index in [1.54, 1.807) is 19.2 Å². The third kappa shape index (κ3) is 5.02. The van der Waals surface area contributed by atoms with Crippen LogP contribution in [0, 0.1) is 11.3 Å². The number of aromatic hydroxyl groups is 1. The van der Waals surface area contributed by atoms with Crippen LogP contribution in [0.15, 0.2) is 48.0 Å². The lowest BCUT2D eigenvalue weighted by Gasteiger charge is -2.22. The van der Waals surface area contributed by atoms with Gasteiger partial charge in [-0.25, -0.2) is 0 Å². The molecular formula is C21H23N3O3. The first-order valence-corrected chi connectivity index (χ1v) is 8.67. The van der Waals surface area contributed by atoms with Crippen molar-refractivity contribution in [3.8, 4) is 17.6 Å². The van der Waals surface area contributed by atoms with Crippen molar-refractivity contribution < 1.29 is 14.6 Å². The smallest absolute Gasteiger partial charge is 0.266 e. The zero-order valence-electron chi connectivity index (χ0n) is 15.7. The lowest BCUT2D eigenvalue weighted by Crippen LogP contribution is -2.21. The second-order valence-corrected chi connectivity index (χ2v) is 5.77. The molecule has 2 aromatic rings. The average molecular weight is 365 g/mol.